The van der Waals surface area contributed by atoms with Gasteiger partial charge in [-0.3, -0.25) is 4.79 Å². The van der Waals surface area contributed by atoms with E-state index in [0.29, 0.717) is 4.90 Å². The average Bonchev–Trinajstić information content (AvgIpc) is 2.47. The predicted octanol–water partition coefficient (Wildman–Crippen LogP) is 1.61. The number of hydrogen-bond donors (Lipinski definition) is 1. The summed E-state index contributed by atoms with van der Waals surface area (Å²) >= 11 is 0. The number of hydrogen-bond acceptors (Lipinski definition) is 4. The highest BCUT2D eigenvalue weighted by Crippen LogP contribution is 2.20. The van der Waals surface area contributed by atoms with Crippen LogP contribution in [0.1, 0.15) is 31.4 Å². The number of amides is 1. The summed E-state index contributed by atoms with van der Waals surface area (Å²) in [6, 6.07) is 6.57. The Labute approximate surface area is 132 Å². The summed E-state index contributed by atoms with van der Waals surface area (Å²) in [6.07, 6.45) is 2.97. The molecule has 122 valence electrons. The van der Waals surface area contributed by atoms with E-state index in [1.165, 1.54) is 6.26 Å². The van der Waals surface area contributed by atoms with E-state index in [9.17, 15) is 13.2 Å². The molecule has 22 heavy (non-hydrogen) atoms. The molecule has 1 aromatic rings. The Morgan fingerprint density at radius 3 is 2.27 bits per heavy atom. The lowest BCUT2D eigenvalue weighted by molar-refractivity contribution is -0.127. The summed E-state index contributed by atoms with van der Waals surface area (Å²) in [5.41, 5.74) is 0.911. The maximum absolute atomic E-state index is 12.3. The average molecular weight is 324 g/mol. The third-order valence-electron chi connectivity index (χ3n) is 4.26. The molecule has 1 atom stereocenters. The van der Waals surface area contributed by atoms with Gasteiger partial charge in [0.1, 0.15) is 0 Å². The zero-order valence-electron chi connectivity index (χ0n) is 13.4. The molecule has 1 fully saturated rings. The van der Waals surface area contributed by atoms with Gasteiger partial charge in [-0.2, -0.15) is 0 Å². The fraction of sp³-hybridized carbons (Fsp3) is 0.562. The van der Waals surface area contributed by atoms with Gasteiger partial charge in [-0.05, 0) is 57.6 Å². The van der Waals surface area contributed by atoms with Crippen molar-refractivity contribution in [3.8, 4) is 0 Å². The molecule has 0 spiro atoms. The summed E-state index contributed by atoms with van der Waals surface area (Å²) in [5.74, 6) is 0.168. The normalized spacial score (nSPS) is 18.9. The van der Waals surface area contributed by atoms with Gasteiger partial charge >= 0.3 is 0 Å². The second kappa shape index (κ2) is 6.79. The van der Waals surface area contributed by atoms with Crippen LogP contribution in [0.15, 0.2) is 29.2 Å². The van der Waals surface area contributed by atoms with Crippen molar-refractivity contribution < 1.29 is 13.2 Å². The molecule has 5 nitrogen and oxygen atoms in total. The molecule has 1 heterocycles. The zero-order chi connectivity index (χ0) is 16.3. The van der Waals surface area contributed by atoms with Crippen molar-refractivity contribution in [3.05, 3.63) is 29.8 Å². The van der Waals surface area contributed by atoms with Crippen molar-refractivity contribution in [1.29, 1.82) is 0 Å². The minimum atomic E-state index is -3.18. The zero-order valence-corrected chi connectivity index (χ0v) is 14.2. The summed E-state index contributed by atoms with van der Waals surface area (Å²) in [5, 5.41) is 3.03. The Balaban J connectivity index is 1.97. The maximum Gasteiger partial charge on any atom is 0.223 e. The van der Waals surface area contributed by atoms with Gasteiger partial charge in [0, 0.05) is 12.2 Å². The smallest absolute Gasteiger partial charge is 0.223 e. The van der Waals surface area contributed by atoms with E-state index >= 15 is 0 Å². The molecule has 6 heteroatoms. The molecule has 1 aliphatic rings. The van der Waals surface area contributed by atoms with Crippen LogP contribution in [0.4, 0.5) is 0 Å². The summed E-state index contributed by atoms with van der Waals surface area (Å²) in [4.78, 5) is 14.8. The second-order valence-electron chi connectivity index (χ2n) is 6.15. The summed E-state index contributed by atoms with van der Waals surface area (Å²) in [7, 11) is -1.11. The molecular formula is C16H24N2O3S. The largest absolute Gasteiger partial charge is 0.349 e. The lowest BCUT2D eigenvalue weighted by atomic mass is 9.95. The first kappa shape index (κ1) is 17.0. The highest BCUT2D eigenvalue weighted by Gasteiger charge is 2.24. The quantitative estimate of drug-likeness (QED) is 0.914. The van der Waals surface area contributed by atoms with Gasteiger partial charge in [0.2, 0.25) is 5.91 Å². The molecule has 0 unspecified atom stereocenters. The molecule has 1 saturated heterocycles. The molecule has 1 aliphatic heterocycles. The van der Waals surface area contributed by atoms with Gasteiger partial charge in [-0.25, -0.2) is 8.42 Å². The van der Waals surface area contributed by atoms with Crippen molar-refractivity contribution in [2.75, 3.05) is 26.4 Å². The maximum atomic E-state index is 12.3. The van der Waals surface area contributed by atoms with Gasteiger partial charge in [0.25, 0.3) is 0 Å². The van der Waals surface area contributed by atoms with Gasteiger partial charge in [-0.15, -0.1) is 0 Å². The fourth-order valence-electron chi connectivity index (χ4n) is 2.69. The van der Waals surface area contributed by atoms with Crippen LogP contribution in [-0.2, 0) is 14.6 Å². The van der Waals surface area contributed by atoms with E-state index in [1.54, 1.807) is 24.3 Å². The highest BCUT2D eigenvalue weighted by molar-refractivity contribution is 7.90. The van der Waals surface area contributed by atoms with E-state index in [1.807, 2.05) is 6.92 Å². The van der Waals surface area contributed by atoms with Crippen LogP contribution in [0.2, 0.25) is 0 Å². The summed E-state index contributed by atoms with van der Waals surface area (Å²) < 4.78 is 22.9. The molecule has 0 radical (unpaired) electrons. The predicted molar refractivity (Wildman–Crippen MR) is 86.3 cm³/mol. The number of rotatable bonds is 4. The fourth-order valence-corrected chi connectivity index (χ4v) is 3.32. The molecule has 1 N–H and O–H groups in total. The number of likely N-dealkylation sites (tertiary alicyclic amines) is 1. The molecule has 0 saturated carbocycles. The first-order valence-electron chi connectivity index (χ1n) is 7.56. The number of carbonyl (C=O) groups is 1. The Morgan fingerprint density at radius 2 is 1.77 bits per heavy atom. The van der Waals surface area contributed by atoms with E-state index in [2.05, 4.69) is 17.3 Å². The minimum absolute atomic E-state index is 0.0777. The number of sulfone groups is 1. The first-order chi connectivity index (χ1) is 10.3. The van der Waals surface area contributed by atoms with Crippen LogP contribution >= 0.6 is 0 Å². The van der Waals surface area contributed by atoms with Crippen molar-refractivity contribution in [2.45, 2.75) is 30.7 Å². The number of benzene rings is 1. The molecular weight excluding hydrogens is 300 g/mol. The Hall–Kier alpha value is -1.40. The number of piperidine rings is 1. The standard InChI is InChI=1S/C16H24N2O3S/c1-12(13-4-6-15(7-5-13)22(3,20)21)17-16(19)14-8-10-18(2)11-9-14/h4-7,12,14H,8-11H2,1-3H3,(H,17,19)/t12-/m0/s1. The van der Waals surface area contributed by atoms with E-state index < -0.39 is 9.84 Å². The van der Waals surface area contributed by atoms with Crippen LogP contribution in [-0.4, -0.2) is 45.6 Å². The van der Waals surface area contributed by atoms with Crippen LogP contribution in [0, 0.1) is 5.92 Å². The van der Waals surface area contributed by atoms with Gasteiger partial charge in [-0.1, -0.05) is 12.1 Å². The van der Waals surface area contributed by atoms with Crippen molar-refractivity contribution in [1.82, 2.24) is 10.2 Å². The van der Waals surface area contributed by atoms with Gasteiger partial charge in [0.05, 0.1) is 10.9 Å². The van der Waals surface area contributed by atoms with E-state index in [-0.39, 0.29) is 17.9 Å². The number of nitrogens with one attached hydrogen (secondary N) is 1. The summed E-state index contributed by atoms with van der Waals surface area (Å²) in [6.45, 7) is 3.83. The van der Waals surface area contributed by atoms with Crippen molar-refractivity contribution >= 4 is 15.7 Å². The van der Waals surface area contributed by atoms with Gasteiger partial charge < -0.3 is 10.2 Å². The van der Waals surface area contributed by atoms with Crippen molar-refractivity contribution in [2.24, 2.45) is 5.92 Å². The number of carbonyl (C=O) groups excluding carboxylic acids is 1. The van der Waals surface area contributed by atoms with Gasteiger partial charge in [0.15, 0.2) is 9.84 Å². The lowest BCUT2D eigenvalue weighted by Gasteiger charge is -2.29. The molecule has 1 aromatic carbocycles. The number of nitrogens with zero attached hydrogens (tertiary/aromatic N) is 1. The lowest BCUT2D eigenvalue weighted by Crippen LogP contribution is -2.39. The SMILES string of the molecule is C[C@H](NC(=O)C1CCN(C)CC1)c1ccc(S(C)(=O)=O)cc1. The highest BCUT2D eigenvalue weighted by atomic mass is 32.2. The topological polar surface area (TPSA) is 66.5 Å². The molecule has 0 aromatic heterocycles. The molecule has 0 bridgehead atoms. The monoisotopic (exact) mass is 324 g/mol. The van der Waals surface area contributed by atoms with E-state index in [4.69, 9.17) is 0 Å². The third kappa shape index (κ3) is 4.30. The van der Waals surface area contributed by atoms with Crippen LogP contribution in [0.25, 0.3) is 0 Å². The van der Waals surface area contributed by atoms with Crippen LogP contribution < -0.4 is 5.32 Å². The van der Waals surface area contributed by atoms with Crippen LogP contribution in [0.3, 0.4) is 0 Å². The van der Waals surface area contributed by atoms with E-state index in [0.717, 1.165) is 31.5 Å². The molecule has 0 aliphatic carbocycles. The second-order valence-corrected chi connectivity index (χ2v) is 8.16. The Morgan fingerprint density at radius 1 is 1.23 bits per heavy atom. The van der Waals surface area contributed by atoms with Crippen LogP contribution in [0.5, 0.6) is 0 Å². The Bertz CT molecular complexity index is 617. The Kier molecular flexibility index (Phi) is 5.24. The third-order valence-corrected chi connectivity index (χ3v) is 5.38. The van der Waals surface area contributed by atoms with Crippen molar-refractivity contribution in [3.63, 3.8) is 0 Å². The first-order valence-corrected chi connectivity index (χ1v) is 9.45. The molecule has 1 amide bonds. The minimum Gasteiger partial charge on any atom is -0.349 e. The molecule has 2 rings (SSSR count).